The third-order valence-electron chi connectivity index (χ3n) is 4.33. The fraction of sp³-hybridized carbons (Fsp3) is 0.190. The van der Waals surface area contributed by atoms with Crippen LogP contribution < -0.4 is 4.74 Å². The molecule has 6 heteroatoms. The lowest BCUT2D eigenvalue weighted by Crippen LogP contribution is -2.34. The van der Waals surface area contributed by atoms with Crippen molar-refractivity contribution in [2.45, 2.75) is 26.3 Å². The summed E-state index contributed by atoms with van der Waals surface area (Å²) < 4.78 is 5.86. The van der Waals surface area contributed by atoms with Gasteiger partial charge in [0.1, 0.15) is 5.75 Å². The molecule has 4 rings (SSSR count). The van der Waals surface area contributed by atoms with Gasteiger partial charge in [-0.1, -0.05) is 30.3 Å². The van der Waals surface area contributed by atoms with E-state index in [9.17, 15) is 9.59 Å². The molecule has 0 aliphatic carbocycles. The minimum atomic E-state index is -0.238. The predicted octanol–water partition coefficient (Wildman–Crippen LogP) is 4.80. The van der Waals surface area contributed by atoms with Gasteiger partial charge in [-0.15, -0.1) is 0 Å². The number of carbonyl (C=O) groups is 2. The van der Waals surface area contributed by atoms with E-state index in [1.165, 1.54) is 4.90 Å². The Morgan fingerprint density at radius 2 is 1.85 bits per heavy atom. The number of fused-ring (bicyclic) bond motifs is 1. The predicted molar refractivity (Wildman–Crippen MR) is 107 cm³/mol. The molecule has 2 heterocycles. The van der Waals surface area contributed by atoms with Gasteiger partial charge in [0.25, 0.3) is 11.1 Å². The molecule has 2 amide bonds. The Bertz CT molecular complexity index is 977. The third kappa shape index (κ3) is 3.53. The molecule has 2 aromatic carbocycles. The first-order valence-corrected chi connectivity index (χ1v) is 9.53. The van der Waals surface area contributed by atoms with Crippen LogP contribution in [0, 0.1) is 0 Å². The number of aliphatic imine (C=N–C) groups is 1. The van der Waals surface area contributed by atoms with Gasteiger partial charge in [0.05, 0.1) is 17.0 Å². The molecule has 2 aliphatic heterocycles. The van der Waals surface area contributed by atoms with Crippen molar-refractivity contribution in [1.82, 2.24) is 4.90 Å². The van der Waals surface area contributed by atoms with Gasteiger partial charge in [-0.25, -0.2) is 4.99 Å². The molecule has 0 spiro atoms. The Labute approximate surface area is 161 Å². The van der Waals surface area contributed by atoms with E-state index in [0.717, 1.165) is 28.6 Å². The van der Waals surface area contributed by atoms with Crippen LogP contribution in [-0.2, 0) is 11.2 Å². The van der Waals surface area contributed by atoms with E-state index >= 15 is 0 Å². The summed E-state index contributed by atoms with van der Waals surface area (Å²) in [4.78, 5) is 30.5. The maximum Gasteiger partial charge on any atom is 0.293 e. The monoisotopic (exact) mass is 378 g/mol. The minimum absolute atomic E-state index is 0.143. The lowest BCUT2D eigenvalue weighted by atomic mass is 10.1. The van der Waals surface area contributed by atoms with Crippen molar-refractivity contribution in [3.63, 3.8) is 0 Å². The fourth-order valence-corrected chi connectivity index (χ4v) is 3.97. The molecule has 2 aromatic rings. The highest BCUT2D eigenvalue weighted by molar-refractivity contribution is 8.18. The molecule has 136 valence electrons. The average molecular weight is 378 g/mol. The number of hydrogen-bond acceptors (Lipinski definition) is 5. The van der Waals surface area contributed by atoms with Crippen molar-refractivity contribution in [3.8, 4) is 5.75 Å². The number of imide groups is 1. The van der Waals surface area contributed by atoms with Crippen LogP contribution in [0.3, 0.4) is 0 Å². The second-order valence-electron chi connectivity index (χ2n) is 6.63. The van der Waals surface area contributed by atoms with E-state index in [0.29, 0.717) is 23.0 Å². The molecule has 0 bridgehead atoms. The summed E-state index contributed by atoms with van der Waals surface area (Å²) in [5, 5.41) is -0.222. The van der Waals surface area contributed by atoms with Gasteiger partial charge in [-0.3, -0.25) is 14.5 Å². The van der Waals surface area contributed by atoms with E-state index in [4.69, 9.17) is 4.74 Å². The van der Waals surface area contributed by atoms with E-state index < -0.39 is 0 Å². The molecule has 1 saturated heterocycles. The van der Waals surface area contributed by atoms with E-state index in [1.54, 1.807) is 6.08 Å². The Kier molecular flexibility index (Phi) is 4.58. The zero-order valence-electron chi connectivity index (χ0n) is 15.0. The summed E-state index contributed by atoms with van der Waals surface area (Å²) >= 11 is 0.976. The normalized spacial score (nSPS) is 17.7. The van der Waals surface area contributed by atoms with Crippen LogP contribution in [-0.4, -0.2) is 28.0 Å². The SMILES string of the molecule is CC(C)N1C(=O)S/C(=C\c2ccc(OC3=Nc4ccccc4C3)cc2)C1=O. The highest BCUT2D eigenvalue weighted by atomic mass is 32.2. The molecule has 0 aromatic heterocycles. The van der Waals surface area contributed by atoms with Crippen molar-refractivity contribution in [2.75, 3.05) is 0 Å². The molecule has 5 nitrogen and oxygen atoms in total. The van der Waals surface area contributed by atoms with Crippen molar-refractivity contribution in [3.05, 3.63) is 64.6 Å². The van der Waals surface area contributed by atoms with Gasteiger partial charge in [0.15, 0.2) is 5.90 Å². The second-order valence-corrected chi connectivity index (χ2v) is 7.62. The molecular weight excluding hydrogens is 360 g/mol. The number of benzene rings is 2. The van der Waals surface area contributed by atoms with Crippen LogP contribution in [0.15, 0.2) is 58.4 Å². The first-order chi connectivity index (χ1) is 13.0. The van der Waals surface area contributed by atoms with Gasteiger partial charge in [-0.05, 0) is 61.0 Å². The Morgan fingerprint density at radius 1 is 1.11 bits per heavy atom. The summed E-state index contributed by atoms with van der Waals surface area (Å²) in [5.41, 5.74) is 2.95. The van der Waals surface area contributed by atoms with Crippen LogP contribution in [0.25, 0.3) is 6.08 Å². The Morgan fingerprint density at radius 3 is 2.52 bits per heavy atom. The number of ether oxygens (including phenoxy) is 1. The molecule has 0 saturated carbocycles. The standard InChI is InChI=1S/C21H18N2O3S/c1-13(2)23-20(24)18(27-21(23)25)11-14-7-9-16(10-8-14)26-19-12-15-5-3-4-6-17(15)22-19/h3-11,13H,12H2,1-2H3/b18-11-. The van der Waals surface area contributed by atoms with Gasteiger partial charge < -0.3 is 4.74 Å². The summed E-state index contributed by atoms with van der Waals surface area (Å²) in [6.45, 7) is 3.66. The molecular formula is C21H18N2O3S. The summed E-state index contributed by atoms with van der Waals surface area (Å²) in [6, 6.07) is 15.2. The second kappa shape index (κ2) is 7.04. The van der Waals surface area contributed by atoms with Crippen LogP contribution in [0.4, 0.5) is 10.5 Å². The van der Waals surface area contributed by atoms with Crippen molar-refractivity contribution in [1.29, 1.82) is 0 Å². The zero-order valence-corrected chi connectivity index (χ0v) is 15.8. The number of para-hydroxylation sites is 1. The lowest BCUT2D eigenvalue weighted by molar-refractivity contribution is -0.123. The third-order valence-corrected chi connectivity index (χ3v) is 5.22. The van der Waals surface area contributed by atoms with Gasteiger partial charge in [0, 0.05) is 6.04 Å². The van der Waals surface area contributed by atoms with Crippen LogP contribution in [0.2, 0.25) is 0 Å². The largest absolute Gasteiger partial charge is 0.443 e. The maximum atomic E-state index is 12.3. The van der Waals surface area contributed by atoms with Crippen molar-refractivity contribution in [2.24, 2.45) is 4.99 Å². The molecule has 1 fully saturated rings. The highest BCUT2D eigenvalue weighted by Crippen LogP contribution is 2.34. The van der Waals surface area contributed by atoms with Crippen molar-refractivity contribution >= 4 is 40.6 Å². The summed E-state index contributed by atoms with van der Waals surface area (Å²) in [5.74, 6) is 1.12. The molecule has 0 N–H and O–H groups in total. The van der Waals surface area contributed by atoms with Gasteiger partial charge in [-0.2, -0.15) is 0 Å². The first-order valence-electron chi connectivity index (χ1n) is 8.72. The molecule has 2 aliphatic rings. The van der Waals surface area contributed by atoms with Gasteiger partial charge in [0.2, 0.25) is 0 Å². The number of nitrogens with zero attached hydrogens (tertiary/aromatic N) is 2. The van der Waals surface area contributed by atoms with Crippen LogP contribution >= 0.6 is 11.8 Å². The van der Waals surface area contributed by atoms with Crippen LogP contribution in [0.5, 0.6) is 5.75 Å². The minimum Gasteiger partial charge on any atom is -0.443 e. The number of carbonyl (C=O) groups excluding carboxylic acids is 2. The molecule has 0 radical (unpaired) electrons. The topological polar surface area (TPSA) is 59.0 Å². The summed E-state index contributed by atoms with van der Waals surface area (Å²) in [7, 11) is 0. The average Bonchev–Trinajstić information content (AvgIpc) is 3.16. The molecule has 0 unspecified atom stereocenters. The van der Waals surface area contributed by atoms with Crippen molar-refractivity contribution < 1.29 is 14.3 Å². The maximum absolute atomic E-state index is 12.3. The highest BCUT2D eigenvalue weighted by Gasteiger charge is 2.36. The Balaban J connectivity index is 1.46. The number of rotatable bonds is 3. The Hall–Kier alpha value is -2.86. The quantitative estimate of drug-likeness (QED) is 0.720. The van der Waals surface area contributed by atoms with E-state index in [2.05, 4.69) is 4.99 Å². The zero-order chi connectivity index (χ0) is 19.0. The molecule has 27 heavy (non-hydrogen) atoms. The number of amides is 2. The van der Waals surface area contributed by atoms with Crippen LogP contribution in [0.1, 0.15) is 25.0 Å². The van der Waals surface area contributed by atoms with Gasteiger partial charge >= 0.3 is 0 Å². The van der Waals surface area contributed by atoms with E-state index in [-0.39, 0.29) is 17.2 Å². The molecule has 0 atom stereocenters. The first kappa shape index (κ1) is 17.5. The lowest BCUT2D eigenvalue weighted by Gasteiger charge is -2.16. The van der Waals surface area contributed by atoms with E-state index in [1.807, 2.05) is 62.4 Å². The number of hydrogen-bond donors (Lipinski definition) is 0. The summed E-state index contributed by atoms with van der Waals surface area (Å²) in [6.07, 6.45) is 2.42. The number of thioether (sulfide) groups is 1. The fourth-order valence-electron chi connectivity index (χ4n) is 3.01. The smallest absolute Gasteiger partial charge is 0.293 e.